The van der Waals surface area contributed by atoms with Crippen LogP contribution < -0.4 is 15.5 Å². The molecule has 1 saturated carbocycles. The van der Waals surface area contributed by atoms with Gasteiger partial charge in [0.2, 0.25) is 0 Å². The molecule has 2 aromatic rings. The number of amides is 4. The van der Waals surface area contributed by atoms with Gasteiger partial charge in [0.1, 0.15) is 5.54 Å². The maximum Gasteiger partial charge on any atom is 0.344 e. The molecular formula is C23H26N4O5S. The molecule has 1 aliphatic heterocycles. The van der Waals surface area contributed by atoms with E-state index >= 15 is 0 Å². The Balaban J connectivity index is 1.54. The summed E-state index contributed by atoms with van der Waals surface area (Å²) >= 11 is 0. The van der Waals surface area contributed by atoms with Crippen LogP contribution in [-0.4, -0.2) is 36.8 Å². The van der Waals surface area contributed by atoms with Gasteiger partial charge < -0.3 is 5.32 Å². The van der Waals surface area contributed by atoms with E-state index in [1.165, 1.54) is 18.2 Å². The molecule has 0 aromatic heterocycles. The van der Waals surface area contributed by atoms with Crippen LogP contribution in [0.3, 0.4) is 0 Å². The van der Waals surface area contributed by atoms with E-state index in [4.69, 9.17) is 0 Å². The minimum Gasteiger partial charge on any atom is -0.322 e. The third kappa shape index (κ3) is 4.43. The normalized spacial score (nSPS) is 17.7. The van der Waals surface area contributed by atoms with Crippen LogP contribution >= 0.6 is 0 Å². The summed E-state index contributed by atoms with van der Waals surface area (Å²) in [6.07, 6.45) is 3.69. The van der Waals surface area contributed by atoms with Gasteiger partial charge in [0.15, 0.2) is 0 Å². The molecule has 4 amide bonds. The van der Waals surface area contributed by atoms with E-state index in [1.54, 1.807) is 31.2 Å². The molecule has 1 aliphatic carbocycles. The van der Waals surface area contributed by atoms with Crippen LogP contribution in [0.1, 0.15) is 53.6 Å². The van der Waals surface area contributed by atoms with Crippen molar-refractivity contribution in [3.8, 4) is 0 Å². The fourth-order valence-electron chi connectivity index (χ4n) is 4.24. The van der Waals surface area contributed by atoms with Crippen molar-refractivity contribution in [3.63, 3.8) is 0 Å². The van der Waals surface area contributed by atoms with Crippen molar-refractivity contribution >= 4 is 33.6 Å². The zero-order valence-corrected chi connectivity index (χ0v) is 19.3. The van der Waals surface area contributed by atoms with E-state index < -0.39 is 33.4 Å². The van der Waals surface area contributed by atoms with Crippen LogP contribution in [0.5, 0.6) is 0 Å². The molecule has 33 heavy (non-hydrogen) atoms. The van der Waals surface area contributed by atoms with Gasteiger partial charge in [0, 0.05) is 11.3 Å². The number of rotatable bonds is 5. The molecule has 1 heterocycles. The Morgan fingerprint density at radius 3 is 2.33 bits per heavy atom. The van der Waals surface area contributed by atoms with Gasteiger partial charge in [-0.05, 0) is 56.5 Å². The third-order valence-corrected chi connectivity index (χ3v) is 7.65. The quantitative estimate of drug-likeness (QED) is 0.580. The SMILES string of the molecule is Cc1ccc(NS(=O)(=O)c2cc(C(=O)NN3C(=O)NC4(CCCCC4)C3=O)ccc2C)cc1. The van der Waals surface area contributed by atoms with E-state index in [-0.39, 0.29) is 10.5 Å². The number of nitrogens with zero attached hydrogens (tertiary/aromatic N) is 1. The van der Waals surface area contributed by atoms with Crippen LogP contribution in [-0.2, 0) is 14.8 Å². The molecule has 3 N–H and O–H groups in total. The number of hydrazine groups is 1. The van der Waals surface area contributed by atoms with Crippen molar-refractivity contribution in [3.05, 3.63) is 59.2 Å². The highest BCUT2D eigenvalue weighted by atomic mass is 32.2. The molecule has 0 unspecified atom stereocenters. The van der Waals surface area contributed by atoms with Crippen LogP contribution in [0.25, 0.3) is 0 Å². The first-order valence-corrected chi connectivity index (χ1v) is 12.3. The number of urea groups is 1. The molecule has 1 spiro atoms. The standard InChI is InChI=1S/C23H26N4O5S/c1-15-6-10-18(11-7-15)26-33(31,32)19-14-17(9-8-16(19)2)20(28)25-27-21(29)23(24-22(27)30)12-4-3-5-13-23/h6-11,14,26H,3-5,12-13H2,1-2H3,(H,24,30)(H,25,28). The van der Waals surface area contributed by atoms with Crippen LogP contribution in [0.2, 0.25) is 0 Å². The molecule has 1 saturated heterocycles. The van der Waals surface area contributed by atoms with Crippen LogP contribution in [0.4, 0.5) is 10.5 Å². The van der Waals surface area contributed by atoms with Gasteiger partial charge in [-0.3, -0.25) is 19.7 Å². The predicted octanol–water partition coefficient (Wildman–Crippen LogP) is 3.00. The van der Waals surface area contributed by atoms with Crippen molar-refractivity contribution in [2.75, 3.05) is 4.72 Å². The first kappa shape index (κ1) is 22.8. The van der Waals surface area contributed by atoms with Gasteiger partial charge in [-0.1, -0.05) is 43.0 Å². The largest absolute Gasteiger partial charge is 0.344 e. The number of sulfonamides is 1. The van der Waals surface area contributed by atoms with E-state index in [0.29, 0.717) is 29.1 Å². The van der Waals surface area contributed by atoms with Crippen molar-refractivity contribution in [2.24, 2.45) is 0 Å². The molecule has 2 aliphatic rings. The van der Waals surface area contributed by atoms with Gasteiger partial charge in [0.05, 0.1) is 4.90 Å². The summed E-state index contributed by atoms with van der Waals surface area (Å²) in [5, 5.41) is 3.42. The number of hydrogen-bond acceptors (Lipinski definition) is 5. The van der Waals surface area contributed by atoms with Crippen LogP contribution in [0.15, 0.2) is 47.4 Å². The predicted molar refractivity (Wildman–Crippen MR) is 122 cm³/mol. The smallest absolute Gasteiger partial charge is 0.322 e. The van der Waals surface area contributed by atoms with Gasteiger partial charge in [-0.15, -0.1) is 0 Å². The minimum absolute atomic E-state index is 0.00933. The topological polar surface area (TPSA) is 125 Å². The highest BCUT2D eigenvalue weighted by Crippen LogP contribution is 2.33. The second-order valence-corrected chi connectivity index (χ2v) is 10.3. The number of hydrogen-bond donors (Lipinski definition) is 3. The summed E-state index contributed by atoms with van der Waals surface area (Å²) in [5.74, 6) is -1.24. The second kappa shape index (κ2) is 8.51. The number of carbonyl (C=O) groups is 3. The summed E-state index contributed by atoms with van der Waals surface area (Å²) in [5.41, 5.74) is 3.21. The lowest BCUT2D eigenvalue weighted by Crippen LogP contribution is -2.50. The van der Waals surface area contributed by atoms with Gasteiger partial charge in [0.25, 0.3) is 21.8 Å². The monoisotopic (exact) mass is 470 g/mol. The lowest BCUT2D eigenvalue weighted by Gasteiger charge is -2.30. The van der Waals surface area contributed by atoms with E-state index in [0.717, 1.165) is 24.8 Å². The average Bonchev–Trinajstić information content (AvgIpc) is 2.99. The van der Waals surface area contributed by atoms with E-state index in [1.807, 2.05) is 6.92 Å². The molecule has 0 radical (unpaired) electrons. The highest BCUT2D eigenvalue weighted by molar-refractivity contribution is 7.92. The Hall–Kier alpha value is -3.40. The van der Waals surface area contributed by atoms with Crippen molar-refractivity contribution in [2.45, 2.75) is 56.4 Å². The molecule has 9 nitrogen and oxygen atoms in total. The lowest BCUT2D eigenvalue weighted by atomic mass is 9.82. The summed E-state index contributed by atoms with van der Waals surface area (Å²) in [7, 11) is -3.97. The summed E-state index contributed by atoms with van der Waals surface area (Å²) in [6, 6.07) is 10.4. The Morgan fingerprint density at radius 1 is 1.00 bits per heavy atom. The van der Waals surface area contributed by atoms with Gasteiger partial charge in [-0.2, -0.15) is 5.01 Å². The Kier molecular flexibility index (Phi) is 5.87. The maximum atomic E-state index is 13.0. The first-order chi connectivity index (χ1) is 15.6. The number of anilines is 1. The number of benzene rings is 2. The zero-order valence-electron chi connectivity index (χ0n) is 18.5. The van der Waals surface area contributed by atoms with Gasteiger partial charge in [-0.25, -0.2) is 13.2 Å². The fraction of sp³-hybridized carbons (Fsp3) is 0.348. The average molecular weight is 471 g/mol. The number of aryl methyl sites for hydroxylation is 2. The maximum absolute atomic E-state index is 13.0. The Morgan fingerprint density at radius 2 is 1.67 bits per heavy atom. The van der Waals surface area contributed by atoms with Crippen LogP contribution in [0, 0.1) is 13.8 Å². The van der Waals surface area contributed by atoms with E-state index in [9.17, 15) is 22.8 Å². The molecule has 4 rings (SSSR count). The third-order valence-electron chi connectivity index (χ3n) is 6.13. The second-order valence-electron chi connectivity index (χ2n) is 8.61. The number of nitrogens with one attached hydrogen (secondary N) is 3. The Labute approximate surface area is 192 Å². The molecule has 174 valence electrons. The number of imide groups is 1. The molecule has 0 atom stereocenters. The summed E-state index contributed by atoms with van der Waals surface area (Å²) in [6.45, 7) is 3.52. The highest BCUT2D eigenvalue weighted by Gasteiger charge is 2.52. The Bertz CT molecular complexity index is 1220. The van der Waals surface area contributed by atoms with Gasteiger partial charge >= 0.3 is 6.03 Å². The number of carbonyl (C=O) groups excluding carboxylic acids is 3. The summed E-state index contributed by atoms with van der Waals surface area (Å²) < 4.78 is 28.4. The van der Waals surface area contributed by atoms with Crippen molar-refractivity contribution < 1.29 is 22.8 Å². The van der Waals surface area contributed by atoms with E-state index in [2.05, 4.69) is 15.5 Å². The molecule has 2 aromatic carbocycles. The minimum atomic E-state index is -3.97. The van der Waals surface area contributed by atoms with Crippen molar-refractivity contribution in [1.29, 1.82) is 0 Å². The summed E-state index contributed by atoms with van der Waals surface area (Å²) in [4.78, 5) is 38.1. The zero-order chi connectivity index (χ0) is 23.8. The first-order valence-electron chi connectivity index (χ1n) is 10.8. The lowest BCUT2D eigenvalue weighted by molar-refractivity contribution is -0.134. The molecular weight excluding hydrogens is 444 g/mol. The molecule has 0 bridgehead atoms. The molecule has 2 fully saturated rings. The van der Waals surface area contributed by atoms with Crippen molar-refractivity contribution in [1.82, 2.24) is 15.8 Å². The fourth-order valence-corrected chi connectivity index (χ4v) is 5.58. The molecule has 10 heteroatoms.